The number of hydrogen-bond donors (Lipinski definition) is 3. The number of carbonyl (C=O) groups is 3. The van der Waals surface area contributed by atoms with E-state index < -0.39 is 29.6 Å². The van der Waals surface area contributed by atoms with Crippen LogP contribution >= 0.6 is 0 Å². The summed E-state index contributed by atoms with van der Waals surface area (Å²) in [5.41, 5.74) is 1.88. The number of amides is 1. The molecule has 0 saturated heterocycles. The normalized spacial score (nSPS) is 14.0. The van der Waals surface area contributed by atoms with E-state index in [1.54, 1.807) is 31.2 Å². The Labute approximate surface area is 155 Å². The van der Waals surface area contributed by atoms with Crippen LogP contribution in [0.2, 0.25) is 0 Å². The highest BCUT2D eigenvalue weighted by Gasteiger charge is 2.30. The minimum atomic E-state index is -1.19. The number of phenols is 1. The summed E-state index contributed by atoms with van der Waals surface area (Å²) in [6, 6.07) is 9.18. The van der Waals surface area contributed by atoms with Crippen LogP contribution in [0, 0.1) is 6.92 Å². The highest BCUT2D eigenvalue weighted by Crippen LogP contribution is 2.32. The number of aryl methyl sites for hydroxylation is 1. The van der Waals surface area contributed by atoms with Crippen molar-refractivity contribution in [2.75, 3.05) is 6.61 Å². The van der Waals surface area contributed by atoms with E-state index in [9.17, 15) is 24.6 Å². The molecular weight excluding hydrogens is 350 g/mol. The molecule has 0 bridgehead atoms. The van der Waals surface area contributed by atoms with Gasteiger partial charge in [0.25, 0.3) is 5.91 Å². The number of cyclic esters (lactones) is 1. The van der Waals surface area contributed by atoms with Gasteiger partial charge < -0.3 is 20.3 Å². The highest BCUT2D eigenvalue weighted by atomic mass is 16.5. The lowest BCUT2D eigenvalue weighted by Crippen LogP contribution is -2.42. The van der Waals surface area contributed by atoms with E-state index in [1.807, 2.05) is 6.07 Å². The van der Waals surface area contributed by atoms with Gasteiger partial charge in [0.05, 0.1) is 12.2 Å². The molecule has 2 aromatic carbocycles. The summed E-state index contributed by atoms with van der Waals surface area (Å²) in [7, 11) is 0. The number of aromatic hydroxyl groups is 1. The Bertz CT molecular complexity index is 906. The number of carboxylic acids is 1. The molecule has 0 saturated carbocycles. The van der Waals surface area contributed by atoms with Gasteiger partial charge >= 0.3 is 11.9 Å². The fourth-order valence-electron chi connectivity index (χ4n) is 3.17. The first kappa shape index (κ1) is 18.4. The van der Waals surface area contributed by atoms with Crippen LogP contribution in [0.1, 0.15) is 37.4 Å². The fourth-order valence-corrected chi connectivity index (χ4v) is 3.17. The van der Waals surface area contributed by atoms with Crippen LogP contribution in [-0.4, -0.2) is 40.7 Å². The molecule has 0 aromatic heterocycles. The van der Waals surface area contributed by atoms with Crippen molar-refractivity contribution in [3.05, 3.63) is 64.2 Å². The topological polar surface area (TPSA) is 113 Å². The van der Waals surface area contributed by atoms with Gasteiger partial charge in [-0.2, -0.15) is 0 Å². The van der Waals surface area contributed by atoms with Crippen molar-refractivity contribution in [3.8, 4) is 5.75 Å². The number of ether oxygens (including phenoxy) is 1. The molecule has 3 N–H and O–H groups in total. The second-order valence-corrected chi connectivity index (χ2v) is 6.38. The van der Waals surface area contributed by atoms with Gasteiger partial charge in [-0.25, -0.2) is 9.59 Å². The Balaban J connectivity index is 1.89. The third-order valence-corrected chi connectivity index (χ3v) is 4.55. The summed E-state index contributed by atoms with van der Waals surface area (Å²) in [5, 5.41) is 22.3. The number of benzene rings is 2. The van der Waals surface area contributed by atoms with Crippen molar-refractivity contribution < 1.29 is 29.3 Å². The molecule has 1 aliphatic rings. The maximum Gasteiger partial charge on any atom is 0.342 e. The van der Waals surface area contributed by atoms with Crippen molar-refractivity contribution in [2.24, 2.45) is 0 Å². The molecule has 0 fully saturated rings. The van der Waals surface area contributed by atoms with E-state index in [0.29, 0.717) is 17.5 Å². The van der Waals surface area contributed by atoms with Gasteiger partial charge in [0.2, 0.25) is 0 Å². The zero-order chi connectivity index (χ0) is 19.6. The fraction of sp³-hybridized carbons (Fsp3) is 0.250. The number of esters is 1. The van der Waals surface area contributed by atoms with Crippen molar-refractivity contribution in [1.82, 2.24) is 5.32 Å². The average Bonchev–Trinajstić information content (AvgIpc) is 2.64. The van der Waals surface area contributed by atoms with Gasteiger partial charge in [-0.05, 0) is 29.7 Å². The van der Waals surface area contributed by atoms with Crippen molar-refractivity contribution in [3.63, 3.8) is 0 Å². The number of carbonyl (C=O) groups excluding carboxylic acids is 2. The first-order valence-corrected chi connectivity index (χ1v) is 8.48. The molecule has 1 heterocycles. The van der Waals surface area contributed by atoms with Crippen LogP contribution in [0.25, 0.3) is 0 Å². The first-order valence-electron chi connectivity index (χ1n) is 8.48. The SMILES string of the molecule is Cc1cc(C(=O)NC(Cc2ccccc2)C(=O)O)c(O)c2c1CCOC2=O. The van der Waals surface area contributed by atoms with Crippen LogP contribution < -0.4 is 5.32 Å². The number of rotatable bonds is 5. The molecule has 7 heteroatoms. The Hall–Kier alpha value is -3.35. The van der Waals surface area contributed by atoms with Crippen LogP contribution in [0.15, 0.2) is 36.4 Å². The predicted octanol–water partition coefficient (Wildman–Crippen LogP) is 1.84. The van der Waals surface area contributed by atoms with Gasteiger partial charge in [-0.1, -0.05) is 30.3 Å². The zero-order valence-corrected chi connectivity index (χ0v) is 14.7. The third kappa shape index (κ3) is 3.76. The van der Waals surface area contributed by atoms with E-state index in [-0.39, 0.29) is 24.2 Å². The number of carboxylic acid groups (broad SMARTS) is 1. The standard InChI is InChI=1S/C20H19NO6/c1-11-9-14(17(22)16-13(11)7-8-27-20(16)26)18(23)21-15(19(24)25)10-12-5-3-2-4-6-12/h2-6,9,15,22H,7-8,10H2,1H3,(H,21,23)(H,24,25). The molecule has 1 amide bonds. The quantitative estimate of drug-likeness (QED) is 0.693. The Morgan fingerprint density at radius 3 is 2.63 bits per heavy atom. The van der Waals surface area contributed by atoms with Gasteiger partial charge in [0.15, 0.2) is 0 Å². The van der Waals surface area contributed by atoms with Crippen LogP contribution in [0.4, 0.5) is 0 Å². The smallest absolute Gasteiger partial charge is 0.342 e. The molecule has 2 aromatic rings. The lowest BCUT2D eigenvalue weighted by Gasteiger charge is -2.21. The van der Waals surface area contributed by atoms with Crippen molar-refractivity contribution in [1.29, 1.82) is 0 Å². The summed E-state index contributed by atoms with van der Waals surface area (Å²) >= 11 is 0. The van der Waals surface area contributed by atoms with Crippen LogP contribution in [0.5, 0.6) is 5.75 Å². The molecule has 3 rings (SSSR count). The van der Waals surface area contributed by atoms with E-state index >= 15 is 0 Å². The van der Waals surface area contributed by atoms with E-state index in [2.05, 4.69) is 5.32 Å². The zero-order valence-electron chi connectivity index (χ0n) is 14.7. The Morgan fingerprint density at radius 1 is 1.26 bits per heavy atom. The molecule has 7 nitrogen and oxygen atoms in total. The van der Waals surface area contributed by atoms with Crippen LogP contribution in [0.3, 0.4) is 0 Å². The van der Waals surface area contributed by atoms with Gasteiger partial charge in [-0.3, -0.25) is 4.79 Å². The second-order valence-electron chi connectivity index (χ2n) is 6.38. The lowest BCUT2D eigenvalue weighted by molar-refractivity contribution is -0.139. The summed E-state index contributed by atoms with van der Waals surface area (Å²) in [5.74, 6) is -3.13. The minimum Gasteiger partial charge on any atom is -0.506 e. The molecule has 0 radical (unpaired) electrons. The minimum absolute atomic E-state index is 0.0265. The maximum absolute atomic E-state index is 12.6. The Kier molecular flexibility index (Phi) is 5.12. The summed E-state index contributed by atoms with van der Waals surface area (Å²) in [4.78, 5) is 36.2. The molecule has 1 unspecified atom stereocenters. The van der Waals surface area contributed by atoms with E-state index in [0.717, 1.165) is 5.56 Å². The lowest BCUT2D eigenvalue weighted by atomic mass is 9.93. The third-order valence-electron chi connectivity index (χ3n) is 4.55. The monoisotopic (exact) mass is 369 g/mol. The van der Waals surface area contributed by atoms with Crippen molar-refractivity contribution in [2.45, 2.75) is 25.8 Å². The molecule has 27 heavy (non-hydrogen) atoms. The van der Waals surface area contributed by atoms with Gasteiger partial charge in [0, 0.05) is 12.8 Å². The average molecular weight is 369 g/mol. The van der Waals surface area contributed by atoms with E-state index in [1.165, 1.54) is 6.07 Å². The highest BCUT2D eigenvalue weighted by molar-refractivity contribution is 6.04. The molecule has 1 atom stereocenters. The summed E-state index contributed by atoms with van der Waals surface area (Å²) in [6.45, 7) is 1.95. The van der Waals surface area contributed by atoms with Crippen LogP contribution in [-0.2, 0) is 22.4 Å². The summed E-state index contributed by atoms with van der Waals surface area (Å²) in [6.07, 6.45) is 0.544. The molecule has 0 aliphatic carbocycles. The maximum atomic E-state index is 12.6. The van der Waals surface area contributed by atoms with Gasteiger partial charge in [0.1, 0.15) is 17.4 Å². The largest absolute Gasteiger partial charge is 0.506 e. The number of hydrogen-bond acceptors (Lipinski definition) is 5. The molecule has 140 valence electrons. The molecule has 0 spiro atoms. The number of aliphatic carboxylic acids is 1. The number of fused-ring (bicyclic) bond motifs is 1. The first-order chi connectivity index (χ1) is 12.9. The number of nitrogens with one attached hydrogen (secondary N) is 1. The van der Waals surface area contributed by atoms with Gasteiger partial charge in [-0.15, -0.1) is 0 Å². The molecular formula is C20H19NO6. The molecule has 1 aliphatic heterocycles. The second kappa shape index (κ2) is 7.49. The van der Waals surface area contributed by atoms with E-state index in [4.69, 9.17) is 4.74 Å². The summed E-state index contributed by atoms with van der Waals surface area (Å²) < 4.78 is 4.95. The van der Waals surface area contributed by atoms with Crippen molar-refractivity contribution >= 4 is 17.8 Å². The number of phenolic OH excluding ortho intramolecular Hbond substituents is 1. The predicted molar refractivity (Wildman–Crippen MR) is 95.9 cm³/mol. The Morgan fingerprint density at radius 2 is 1.96 bits per heavy atom.